The maximum absolute atomic E-state index is 9.56. The van der Waals surface area contributed by atoms with Gasteiger partial charge in [0.25, 0.3) is 0 Å². The Balaban J connectivity index is 1.55. The van der Waals surface area contributed by atoms with Gasteiger partial charge >= 0.3 is 0 Å². The Morgan fingerprint density at radius 3 is 2.44 bits per heavy atom. The van der Waals surface area contributed by atoms with Gasteiger partial charge < -0.3 is 5.11 Å². The molecule has 0 bridgehead atoms. The zero-order valence-electron chi connectivity index (χ0n) is 9.71. The highest BCUT2D eigenvalue weighted by atomic mass is 16.3. The van der Waals surface area contributed by atoms with E-state index >= 15 is 0 Å². The second-order valence-corrected chi connectivity index (χ2v) is 5.33. The number of hydrogen-bond donors (Lipinski definition) is 1. The predicted octanol–water partition coefficient (Wildman–Crippen LogP) is 1.75. The maximum Gasteiger partial charge on any atom is 0.0546 e. The number of aliphatic hydroxyl groups is 1. The minimum absolute atomic E-state index is 0.103. The molecule has 1 heterocycles. The highest BCUT2D eigenvalue weighted by molar-refractivity contribution is 5.16. The number of aliphatic hydroxyl groups excluding tert-OH is 1. The molecule has 0 radical (unpaired) electrons. The predicted molar refractivity (Wildman–Crippen MR) is 63.9 cm³/mol. The van der Waals surface area contributed by atoms with E-state index in [4.69, 9.17) is 0 Å². The first-order valence-electron chi connectivity index (χ1n) is 6.20. The molecular formula is C14H19NO. The highest BCUT2D eigenvalue weighted by Gasteiger charge is 2.57. The smallest absolute Gasteiger partial charge is 0.0546 e. The molecule has 1 saturated heterocycles. The Morgan fingerprint density at radius 2 is 1.88 bits per heavy atom. The van der Waals surface area contributed by atoms with Crippen molar-refractivity contribution in [3.8, 4) is 0 Å². The maximum atomic E-state index is 9.56. The van der Waals surface area contributed by atoms with E-state index in [1.54, 1.807) is 0 Å². The Kier molecular flexibility index (Phi) is 2.49. The van der Waals surface area contributed by atoms with Crippen LogP contribution in [0.5, 0.6) is 0 Å². The number of rotatable bonds is 3. The number of likely N-dealkylation sites (tertiary alicyclic amines) is 1. The quantitative estimate of drug-likeness (QED) is 0.833. The van der Waals surface area contributed by atoms with Crippen molar-refractivity contribution in [1.82, 2.24) is 4.90 Å². The minimum Gasteiger partial charge on any atom is -0.393 e. The molecule has 0 spiro atoms. The van der Waals surface area contributed by atoms with Gasteiger partial charge in [0, 0.05) is 19.6 Å². The Morgan fingerprint density at radius 1 is 1.25 bits per heavy atom. The van der Waals surface area contributed by atoms with Crippen LogP contribution in [0, 0.1) is 17.8 Å². The Hall–Kier alpha value is -0.860. The van der Waals surface area contributed by atoms with Gasteiger partial charge in [0.2, 0.25) is 0 Å². The van der Waals surface area contributed by atoms with E-state index in [1.807, 2.05) is 6.92 Å². The lowest BCUT2D eigenvalue weighted by Crippen LogP contribution is -2.26. The molecular weight excluding hydrogens is 198 g/mol. The molecule has 2 aliphatic rings. The molecule has 1 aliphatic carbocycles. The van der Waals surface area contributed by atoms with Gasteiger partial charge in [0.05, 0.1) is 6.10 Å². The van der Waals surface area contributed by atoms with E-state index in [1.165, 1.54) is 18.7 Å². The van der Waals surface area contributed by atoms with E-state index in [9.17, 15) is 5.11 Å². The summed E-state index contributed by atoms with van der Waals surface area (Å²) in [6.45, 7) is 5.36. The summed E-state index contributed by atoms with van der Waals surface area (Å²) >= 11 is 0. The van der Waals surface area contributed by atoms with Crippen molar-refractivity contribution in [2.45, 2.75) is 19.6 Å². The van der Waals surface area contributed by atoms with Gasteiger partial charge in [-0.3, -0.25) is 4.90 Å². The van der Waals surface area contributed by atoms with Gasteiger partial charge in [0.1, 0.15) is 0 Å². The van der Waals surface area contributed by atoms with E-state index in [2.05, 4.69) is 35.2 Å². The van der Waals surface area contributed by atoms with Crippen molar-refractivity contribution in [3.63, 3.8) is 0 Å². The largest absolute Gasteiger partial charge is 0.393 e. The van der Waals surface area contributed by atoms with Crippen LogP contribution in [-0.2, 0) is 6.54 Å². The third kappa shape index (κ3) is 1.76. The molecule has 1 saturated carbocycles. The van der Waals surface area contributed by atoms with Crippen molar-refractivity contribution in [3.05, 3.63) is 35.9 Å². The van der Waals surface area contributed by atoms with E-state index in [-0.39, 0.29) is 6.10 Å². The van der Waals surface area contributed by atoms with Crippen LogP contribution >= 0.6 is 0 Å². The van der Waals surface area contributed by atoms with Crippen molar-refractivity contribution in [2.75, 3.05) is 13.1 Å². The third-order valence-electron chi connectivity index (χ3n) is 4.14. The fourth-order valence-corrected chi connectivity index (χ4v) is 3.35. The van der Waals surface area contributed by atoms with E-state index in [0.29, 0.717) is 5.92 Å². The van der Waals surface area contributed by atoms with Crippen LogP contribution < -0.4 is 0 Å². The lowest BCUT2D eigenvalue weighted by Gasteiger charge is -2.20. The topological polar surface area (TPSA) is 23.5 Å². The number of hydrogen-bond acceptors (Lipinski definition) is 2. The first kappa shape index (κ1) is 10.3. The molecule has 2 unspecified atom stereocenters. The van der Waals surface area contributed by atoms with Crippen LogP contribution in [-0.4, -0.2) is 29.2 Å². The Bertz CT molecular complexity index is 350. The van der Waals surface area contributed by atoms with Crippen LogP contribution in [0.1, 0.15) is 12.5 Å². The number of fused-ring (bicyclic) bond motifs is 1. The normalized spacial score (nSPS) is 34.8. The zero-order chi connectivity index (χ0) is 11.1. The van der Waals surface area contributed by atoms with Gasteiger partial charge in [-0.25, -0.2) is 0 Å². The zero-order valence-corrected chi connectivity index (χ0v) is 9.71. The summed E-state index contributed by atoms with van der Waals surface area (Å²) in [6.07, 6.45) is -0.103. The SMILES string of the molecule is CC(O)C1[C@H]2CN(Cc3ccccc3)C[C@@H]12. The molecule has 4 atom stereocenters. The summed E-state index contributed by atoms with van der Waals surface area (Å²) in [6, 6.07) is 10.6. The van der Waals surface area contributed by atoms with Crippen LogP contribution in [0.15, 0.2) is 30.3 Å². The fourth-order valence-electron chi connectivity index (χ4n) is 3.35. The number of piperidine rings is 1. The van der Waals surface area contributed by atoms with Gasteiger partial charge in [0.15, 0.2) is 0 Å². The molecule has 1 aliphatic heterocycles. The average Bonchev–Trinajstić information content (AvgIpc) is 2.79. The molecule has 2 nitrogen and oxygen atoms in total. The third-order valence-corrected chi connectivity index (χ3v) is 4.14. The standard InChI is InChI=1S/C14H19NO/c1-10(16)14-12-8-15(9-13(12)14)7-11-5-3-2-4-6-11/h2-6,10,12-14,16H,7-9H2,1H3/t10?,12-,13+,14?. The molecule has 1 N–H and O–H groups in total. The molecule has 86 valence electrons. The van der Waals surface area contributed by atoms with Gasteiger partial charge in [-0.2, -0.15) is 0 Å². The monoisotopic (exact) mass is 217 g/mol. The van der Waals surface area contributed by atoms with Gasteiger partial charge in [-0.15, -0.1) is 0 Å². The summed E-state index contributed by atoms with van der Waals surface area (Å²) in [5, 5.41) is 9.56. The molecule has 16 heavy (non-hydrogen) atoms. The van der Waals surface area contributed by atoms with E-state index < -0.39 is 0 Å². The summed E-state index contributed by atoms with van der Waals surface area (Å²) in [5.41, 5.74) is 1.40. The van der Waals surface area contributed by atoms with Crippen LogP contribution in [0.3, 0.4) is 0 Å². The van der Waals surface area contributed by atoms with Crippen molar-refractivity contribution in [2.24, 2.45) is 17.8 Å². The van der Waals surface area contributed by atoms with Crippen LogP contribution in [0.4, 0.5) is 0 Å². The molecule has 0 aromatic heterocycles. The summed E-state index contributed by atoms with van der Waals surface area (Å²) in [7, 11) is 0. The molecule has 2 heteroatoms. The van der Waals surface area contributed by atoms with Crippen molar-refractivity contribution >= 4 is 0 Å². The average molecular weight is 217 g/mol. The molecule has 3 rings (SSSR count). The summed E-state index contributed by atoms with van der Waals surface area (Å²) in [5.74, 6) is 2.12. The highest BCUT2D eigenvalue weighted by Crippen LogP contribution is 2.53. The number of nitrogens with zero attached hydrogens (tertiary/aromatic N) is 1. The molecule has 0 amide bonds. The molecule has 1 aromatic carbocycles. The van der Waals surface area contributed by atoms with Crippen molar-refractivity contribution < 1.29 is 5.11 Å². The van der Waals surface area contributed by atoms with Crippen LogP contribution in [0.25, 0.3) is 0 Å². The molecule has 1 aromatic rings. The summed E-state index contributed by atoms with van der Waals surface area (Å²) < 4.78 is 0. The number of benzene rings is 1. The van der Waals surface area contributed by atoms with Gasteiger partial charge in [-0.05, 0) is 30.2 Å². The van der Waals surface area contributed by atoms with Crippen molar-refractivity contribution in [1.29, 1.82) is 0 Å². The summed E-state index contributed by atoms with van der Waals surface area (Å²) in [4.78, 5) is 2.52. The second kappa shape index (κ2) is 3.86. The van der Waals surface area contributed by atoms with Crippen LogP contribution in [0.2, 0.25) is 0 Å². The molecule has 2 fully saturated rings. The Labute approximate surface area is 96.9 Å². The lowest BCUT2D eigenvalue weighted by molar-refractivity contribution is 0.139. The van der Waals surface area contributed by atoms with E-state index in [0.717, 1.165) is 18.4 Å². The minimum atomic E-state index is -0.103. The van der Waals surface area contributed by atoms with Gasteiger partial charge in [-0.1, -0.05) is 30.3 Å². The first-order valence-corrected chi connectivity index (χ1v) is 6.20. The second-order valence-electron chi connectivity index (χ2n) is 5.33. The lowest BCUT2D eigenvalue weighted by atomic mass is 10.1. The fraction of sp³-hybridized carbons (Fsp3) is 0.571. The first-order chi connectivity index (χ1) is 7.75.